The van der Waals surface area contributed by atoms with Crippen molar-refractivity contribution in [1.29, 1.82) is 0 Å². The molecular formula is C19H32NaS. The van der Waals surface area contributed by atoms with Crippen molar-refractivity contribution in [2.24, 2.45) is 0 Å². The zero-order valence-corrected chi connectivity index (χ0v) is 17.1. The standard InChI is InChI=1S/C19H32S.Na/c1-2-3-4-5-6-7-8-9-10-14-17-20-18-19-15-12-11-13-16-19;/h11-13,15-16H,2-10,14,17-18H2,1H3;. The third-order valence-electron chi connectivity index (χ3n) is 3.75. The third-order valence-corrected chi connectivity index (χ3v) is 4.87. The van der Waals surface area contributed by atoms with Crippen molar-refractivity contribution >= 4 is 41.3 Å². The fraction of sp³-hybridized carbons (Fsp3) is 0.684. The summed E-state index contributed by atoms with van der Waals surface area (Å²) in [5.41, 5.74) is 1.46. The van der Waals surface area contributed by atoms with Gasteiger partial charge in [-0.25, -0.2) is 0 Å². The molecule has 0 aliphatic rings. The molecule has 0 bridgehead atoms. The first-order valence-corrected chi connectivity index (χ1v) is 9.70. The molecule has 0 aromatic heterocycles. The third kappa shape index (κ3) is 13.9. The van der Waals surface area contributed by atoms with E-state index in [9.17, 15) is 0 Å². The maximum absolute atomic E-state index is 2.29. The molecule has 0 nitrogen and oxygen atoms in total. The van der Waals surface area contributed by atoms with Crippen molar-refractivity contribution in [2.45, 2.75) is 76.9 Å². The van der Waals surface area contributed by atoms with Crippen LogP contribution < -0.4 is 0 Å². The summed E-state index contributed by atoms with van der Waals surface area (Å²) in [6, 6.07) is 10.8. The number of benzene rings is 1. The molecule has 0 saturated heterocycles. The Labute approximate surface area is 159 Å². The number of hydrogen-bond acceptors (Lipinski definition) is 1. The van der Waals surface area contributed by atoms with Gasteiger partial charge in [-0.3, -0.25) is 0 Å². The van der Waals surface area contributed by atoms with Gasteiger partial charge in [0.1, 0.15) is 0 Å². The Bertz CT molecular complexity index is 300. The molecule has 0 spiro atoms. The number of unbranched alkanes of at least 4 members (excludes halogenated alkanes) is 9. The minimum absolute atomic E-state index is 0. The first-order chi connectivity index (χ1) is 9.93. The van der Waals surface area contributed by atoms with Crippen LogP contribution >= 0.6 is 11.8 Å². The summed E-state index contributed by atoms with van der Waals surface area (Å²) in [5.74, 6) is 2.50. The second kappa shape index (κ2) is 16.9. The number of rotatable bonds is 13. The summed E-state index contributed by atoms with van der Waals surface area (Å²) < 4.78 is 0. The van der Waals surface area contributed by atoms with Gasteiger partial charge in [-0.15, -0.1) is 0 Å². The van der Waals surface area contributed by atoms with Crippen molar-refractivity contribution in [3.8, 4) is 0 Å². The summed E-state index contributed by atoms with van der Waals surface area (Å²) in [7, 11) is 0. The van der Waals surface area contributed by atoms with Gasteiger partial charge in [-0.2, -0.15) is 11.8 Å². The Morgan fingerprint density at radius 3 is 1.81 bits per heavy atom. The normalized spacial score (nSPS) is 10.3. The molecule has 0 amide bonds. The van der Waals surface area contributed by atoms with Gasteiger partial charge in [-0.1, -0.05) is 95.0 Å². The molecule has 0 N–H and O–H groups in total. The van der Waals surface area contributed by atoms with Gasteiger partial charge in [0.05, 0.1) is 0 Å². The van der Waals surface area contributed by atoms with Crippen LogP contribution in [0, 0.1) is 0 Å². The van der Waals surface area contributed by atoms with E-state index in [1.54, 1.807) is 0 Å². The minimum Gasteiger partial charge on any atom is -0.157 e. The molecule has 115 valence electrons. The zero-order valence-electron chi connectivity index (χ0n) is 14.3. The Morgan fingerprint density at radius 1 is 0.714 bits per heavy atom. The quantitative estimate of drug-likeness (QED) is 0.297. The van der Waals surface area contributed by atoms with Crippen molar-refractivity contribution in [3.05, 3.63) is 35.9 Å². The van der Waals surface area contributed by atoms with Gasteiger partial charge in [0.2, 0.25) is 0 Å². The van der Waals surface area contributed by atoms with E-state index in [0.717, 1.165) is 0 Å². The van der Waals surface area contributed by atoms with Crippen LogP contribution in [0.15, 0.2) is 30.3 Å². The van der Waals surface area contributed by atoms with Crippen LogP contribution in [0.2, 0.25) is 0 Å². The molecule has 0 heterocycles. The summed E-state index contributed by atoms with van der Waals surface area (Å²) >= 11 is 2.08. The van der Waals surface area contributed by atoms with Crippen LogP contribution in [-0.2, 0) is 5.75 Å². The van der Waals surface area contributed by atoms with Gasteiger partial charge in [0, 0.05) is 35.3 Å². The predicted octanol–water partition coefficient (Wildman–Crippen LogP) is 6.46. The largest absolute Gasteiger partial charge is 0.157 e. The van der Waals surface area contributed by atoms with Crippen LogP contribution in [0.4, 0.5) is 0 Å². The predicted molar refractivity (Wildman–Crippen MR) is 100 cm³/mol. The van der Waals surface area contributed by atoms with Crippen molar-refractivity contribution < 1.29 is 0 Å². The van der Waals surface area contributed by atoms with E-state index in [-0.39, 0.29) is 29.6 Å². The van der Waals surface area contributed by atoms with Crippen LogP contribution in [0.5, 0.6) is 0 Å². The fourth-order valence-corrected chi connectivity index (χ4v) is 3.44. The molecule has 0 fully saturated rings. The van der Waals surface area contributed by atoms with Crippen molar-refractivity contribution in [2.75, 3.05) is 5.75 Å². The van der Waals surface area contributed by atoms with E-state index in [1.807, 2.05) is 0 Å². The zero-order chi connectivity index (χ0) is 14.3. The average molecular weight is 316 g/mol. The SMILES string of the molecule is CCCCCCCCCCCCSCc1ccccc1.[Na]. The molecule has 0 saturated carbocycles. The van der Waals surface area contributed by atoms with E-state index in [2.05, 4.69) is 49.0 Å². The van der Waals surface area contributed by atoms with Gasteiger partial charge >= 0.3 is 0 Å². The molecule has 21 heavy (non-hydrogen) atoms. The fourth-order valence-electron chi connectivity index (χ4n) is 2.46. The van der Waals surface area contributed by atoms with Crippen LogP contribution in [-0.4, -0.2) is 35.3 Å². The molecule has 0 aliphatic carbocycles. The number of hydrogen-bond donors (Lipinski definition) is 0. The average Bonchev–Trinajstić information content (AvgIpc) is 2.49. The minimum atomic E-state index is 0. The number of thioether (sulfide) groups is 1. The van der Waals surface area contributed by atoms with Crippen LogP contribution in [0.1, 0.15) is 76.7 Å². The van der Waals surface area contributed by atoms with E-state index in [1.165, 1.54) is 81.3 Å². The molecule has 0 aliphatic heterocycles. The van der Waals surface area contributed by atoms with Gasteiger partial charge in [-0.05, 0) is 17.7 Å². The molecule has 0 atom stereocenters. The maximum atomic E-state index is 2.29. The molecule has 1 aromatic rings. The molecule has 0 unspecified atom stereocenters. The maximum Gasteiger partial charge on any atom is 0.0184 e. The Hall–Kier alpha value is 0.570. The molecule has 1 radical (unpaired) electrons. The Balaban J connectivity index is 0.00000400. The second-order valence-corrected chi connectivity index (χ2v) is 6.83. The Kier molecular flexibility index (Phi) is 17.4. The smallest absolute Gasteiger partial charge is 0.0184 e. The summed E-state index contributed by atoms with van der Waals surface area (Å²) in [6.07, 6.45) is 14.3. The first kappa shape index (κ1) is 21.6. The molecule has 1 aromatic carbocycles. The van der Waals surface area contributed by atoms with E-state index in [4.69, 9.17) is 0 Å². The summed E-state index contributed by atoms with van der Waals surface area (Å²) in [4.78, 5) is 0. The van der Waals surface area contributed by atoms with Gasteiger partial charge in [0.15, 0.2) is 0 Å². The van der Waals surface area contributed by atoms with Gasteiger partial charge < -0.3 is 0 Å². The second-order valence-electron chi connectivity index (χ2n) is 5.72. The molecule has 2 heteroatoms. The van der Waals surface area contributed by atoms with Gasteiger partial charge in [0.25, 0.3) is 0 Å². The van der Waals surface area contributed by atoms with E-state index in [0.29, 0.717) is 0 Å². The van der Waals surface area contributed by atoms with Crippen LogP contribution in [0.3, 0.4) is 0 Å². The van der Waals surface area contributed by atoms with E-state index < -0.39 is 0 Å². The molecule has 1 rings (SSSR count). The summed E-state index contributed by atoms with van der Waals surface area (Å²) in [6.45, 7) is 2.29. The topological polar surface area (TPSA) is 0 Å². The van der Waals surface area contributed by atoms with E-state index >= 15 is 0 Å². The Morgan fingerprint density at radius 2 is 1.24 bits per heavy atom. The van der Waals surface area contributed by atoms with Crippen molar-refractivity contribution in [1.82, 2.24) is 0 Å². The van der Waals surface area contributed by atoms with Crippen LogP contribution in [0.25, 0.3) is 0 Å². The van der Waals surface area contributed by atoms with Crippen molar-refractivity contribution in [3.63, 3.8) is 0 Å². The summed E-state index contributed by atoms with van der Waals surface area (Å²) in [5, 5.41) is 0. The monoisotopic (exact) mass is 315 g/mol. The first-order valence-electron chi connectivity index (χ1n) is 8.55. The molecular weight excluding hydrogens is 283 g/mol.